The molecule has 0 saturated carbocycles. The number of rotatable bonds is 6. The summed E-state index contributed by atoms with van der Waals surface area (Å²) in [5, 5.41) is 10.9. The number of morpholine rings is 1. The summed E-state index contributed by atoms with van der Waals surface area (Å²) < 4.78 is 11.0. The van der Waals surface area contributed by atoms with Crippen molar-refractivity contribution in [3.05, 3.63) is 34.4 Å². The van der Waals surface area contributed by atoms with Crippen molar-refractivity contribution in [2.75, 3.05) is 32.8 Å². The monoisotopic (exact) mass is 295 g/mol. The Morgan fingerprint density at radius 3 is 3.00 bits per heavy atom. The predicted octanol–water partition coefficient (Wildman–Crippen LogP) is 0.160. The summed E-state index contributed by atoms with van der Waals surface area (Å²) in [6, 6.07) is 6.18. The lowest BCUT2D eigenvalue weighted by Crippen LogP contribution is -2.47. The maximum atomic E-state index is 10.9. The number of nitro benzene ring substituents is 1. The fourth-order valence-electron chi connectivity index (χ4n) is 2.16. The fourth-order valence-corrected chi connectivity index (χ4v) is 2.16. The predicted molar refractivity (Wildman–Crippen MR) is 74.0 cm³/mol. The van der Waals surface area contributed by atoms with E-state index in [2.05, 4.69) is 0 Å². The van der Waals surface area contributed by atoms with Crippen LogP contribution in [0.25, 0.3) is 0 Å². The van der Waals surface area contributed by atoms with Crippen LogP contribution in [0.15, 0.2) is 24.3 Å². The highest BCUT2D eigenvalue weighted by atomic mass is 16.6. The number of nitro groups is 1. The molecular formula is C13H17N3O5. The van der Waals surface area contributed by atoms with Gasteiger partial charge in [0.2, 0.25) is 5.91 Å². The van der Waals surface area contributed by atoms with Crippen LogP contribution in [0.4, 0.5) is 5.69 Å². The van der Waals surface area contributed by atoms with E-state index in [4.69, 9.17) is 15.2 Å². The molecule has 0 spiro atoms. The van der Waals surface area contributed by atoms with Crippen molar-refractivity contribution < 1.29 is 19.2 Å². The van der Waals surface area contributed by atoms with Crippen molar-refractivity contribution in [1.82, 2.24) is 4.90 Å². The number of primary amides is 1. The topological polar surface area (TPSA) is 108 Å². The number of benzene rings is 1. The highest BCUT2D eigenvalue weighted by Crippen LogP contribution is 2.26. The molecule has 1 saturated heterocycles. The van der Waals surface area contributed by atoms with E-state index in [0.29, 0.717) is 19.7 Å². The van der Waals surface area contributed by atoms with Crippen molar-refractivity contribution in [3.63, 3.8) is 0 Å². The third-order valence-electron chi connectivity index (χ3n) is 3.09. The van der Waals surface area contributed by atoms with E-state index < -0.39 is 10.8 Å². The minimum atomic E-state index is -0.490. The normalized spacial score (nSPS) is 19.1. The number of para-hydroxylation sites is 2. The molecule has 1 fully saturated rings. The Balaban J connectivity index is 1.91. The molecule has 1 aromatic rings. The first kappa shape index (κ1) is 15.2. The van der Waals surface area contributed by atoms with Crippen LogP contribution < -0.4 is 10.5 Å². The van der Waals surface area contributed by atoms with Gasteiger partial charge in [-0.2, -0.15) is 0 Å². The summed E-state index contributed by atoms with van der Waals surface area (Å²) in [6.07, 6.45) is -0.252. The van der Waals surface area contributed by atoms with Gasteiger partial charge < -0.3 is 15.2 Å². The molecular weight excluding hydrogens is 278 g/mol. The van der Waals surface area contributed by atoms with Gasteiger partial charge in [-0.25, -0.2) is 0 Å². The zero-order valence-electron chi connectivity index (χ0n) is 11.4. The van der Waals surface area contributed by atoms with E-state index in [1.807, 2.05) is 4.90 Å². The van der Waals surface area contributed by atoms with Gasteiger partial charge in [-0.05, 0) is 6.07 Å². The Labute approximate surface area is 121 Å². The van der Waals surface area contributed by atoms with Gasteiger partial charge >= 0.3 is 5.69 Å². The largest absolute Gasteiger partial charge is 0.484 e. The second kappa shape index (κ2) is 7.00. The number of nitrogens with two attached hydrogens (primary N) is 1. The smallest absolute Gasteiger partial charge is 0.310 e. The maximum Gasteiger partial charge on any atom is 0.310 e. The van der Waals surface area contributed by atoms with Crippen LogP contribution in [0.1, 0.15) is 0 Å². The van der Waals surface area contributed by atoms with Crippen LogP contribution in [-0.4, -0.2) is 54.7 Å². The van der Waals surface area contributed by atoms with Crippen LogP contribution in [0.2, 0.25) is 0 Å². The van der Waals surface area contributed by atoms with Gasteiger partial charge in [0, 0.05) is 19.2 Å². The molecule has 114 valence electrons. The molecule has 1 atom stereocenters. The summed E-state index contributed by atoms with van der Waals surface area (Å²) in [5.74, 6) is -0.187. The standard InChI is InChI=1S/C13H17N3O5/c14-13(17)8-15-5-6-20-10(7-15)9-21-12-4-2-1-3-11(12)16(18)19/h1-4,10H,5-9H2,(H2,14,17)/t10-/m0/s1. The number of amides is 1. The van der Waals surface area contributed by atoms with Crippen molar-refractivity contribution in [1.29, 1.82) is 0 Å². The van der Waals surface area contributed by atoms with Gasteiger partial charge in [0.25, 0.3) is 0 Å². The number of ether oxygens (including phenoxy) is 2. The van der Waals surface area contributed by atoms with E-state index in [1.54, 1.807) is 18.2 Å². The summed E-state index contributed by atoms with van der Waals surface area (Å²) in [4.78, 5) is 23.2. The Morgan fingerprint density at radius 1 is 1.52 bits per heavy atom. The van der Waals surface area contributed by atoms with Crippen LogP contribution in [0.5, 0.6) is 5.75 Å². The Hall–Kier alpha value is -2.19. The lowest BCUT2D eigenvalue weighted by atomic mass is 10.2. The SMILES string of the molecule is NC(=O)CN1CCO[C@H](COc2ccccc2[N+](=O)[O-])C1. The molecule has 21 heavy (non-hydrogen) atoms. The van der Waals surface area contributed by atoms with Gasteiger partial charge in [-0.1, -0.05) is 12.1 Å². The molecule has 1 aliphatic heterocycles. The minimum Gasteiger partial charge on any atom is -0.484 e. The van der Waals surface area contributed by atoms with E-state index in [9.17, 15) is 14.9 Å². The van der Waals surface area contributed by atoms with Gasteiger partial charge in [-0.3, -0.25) is 19.8 Å². The second-order valence-corrected chi connectivity index (χ2v) is 4.73. The van der Waals surface area contributed by atoms with E-state index >= 15 is 0 Å². The molecule has 2 rings (SSSR count). The highest BCUT2D eigenvalue weighted by Gasteiger charge is 2.23. The van der Waals surface area contributed by atoms with Gasteiger partial charge in [0.1, 0.15) is 12.7 Å². The van der Waals surface area contributed by atoms with Gasteiger partial charge in [0.05, 0.1) is 18.1 Å². The highest BCUT2D eigenvalue weighted by molar-refractivity contribution is 5.75. The first-order valence-corrected chi connectivity index (χ1v) is 6.54. The van der Waals surface area contributed by atoms with Crippen LogP contribution in [0, 0.1) is 10.1 Å². The second-order valence-electron chi connectivity index (χ2n) is 4.73. The summed E-state index contributed by atoms with van der Waals surface area (Å²) in [5.41, 5.74) is 5.08. The average Bonchev–Trinajstić information content (AvgIpc) is 2.45. The Morgan fingerprint density at radius 2 is 2.29 bits per heavy atom. The van der Waals surface area contributed by atoms with Crippen LogP contribution in [-0.2, 0) is 9.53 Å². The molecule has 8 nitrogen and oxygen atoms in total. The molecule has 0 bridgehead atoms. The van der Waals surface area contributed by atoms with Crippen LogP contribution in [0.3, 0.4) is 0 Å². The zero-order valence-corrected chi connectivity index (χ0v) is 11.4. The number of carbonyl (C=O) groups is 1. The van der Waals surface area contributed by atoms with Crippen molar-refractivity contribution in [3.8, 4) is 5.75 Å². The summed E-state index contributed by atoms with van der Waals surface area (Å²) in [6.45, 7) is 1.96. The summed E-state index contributed by atoms with van der Waals surface area (Å²) >= 11 is 0. The quantitative estimate of drug-likeness (QED) is 0.591. The molecule has 1 heterocycles. The maximum absolute atomic E-state index is 10.9. The first-order valence-electron chi connectivity index (χ1n) is 6.54. The van der Waals surface area contributed by atoms with Gasteiger partial charge in [-0.15, -0.1) is 0 Å². The number of hydrogen-bond acceptors (Lipinski definition) is 6. The Kier molecular flexibility index (Phi) is 5.07. The van der Waals surface area contributed by atoms with E-state index in [-0.39, 0.29) is 30.7 Å². The third-order valence-corrected chi connectivity index (χ3v) is 3.09. The first-order chi connectivity index (χ1) is 10.1. The number of hydrogen-bond donors (Lipinski definition) is 1. The molecule has 8 heteroatoms. The number of nitrogens with zero attached hydrogens (tertiary/aromatic N) is 2. The van der Waals surface area contributed by atoms with E-state index in [1.165, 1.54) is 6.07 Å². The molecule has 0 aliphatic carbocycles. The van der Waals surface area contributed by atoms with Crippen molar-refractivity contribution in [2.45, 2.75) is 6.10 Å². The lowest BCUT2D eigenvalue weighted by Gasteiger charge is -2.31. The lowest BCUT2D eigenvalue weighted by molar-refractivity contribution is -0.385. The zero-order chi connectivity index (χ0) is 15.2. The van der Waals surface area contributed by atoms with Crippen LogP contribution >= 0.6 is 0 Å². The fraction of sp³-hybridized carbons (Fsp3) is 0.462. The molecule has 0 radical (unpaired) electrons. The van der Waals surface area contributed by atoms with Crippen molar-refractivity contribution >= 4 is 11.6 Å². The molecule has 1 aliphatic rings. The third kappa shape index (κ3) is 4.40. The molecule has 1 aromatic carbocycles. The van der Waals surface area contributed by atoms with Gasteiger partial charge in [0.15, 0.2) is 5.75 Å². The summed E-state index contributed by atoms with van der Waals surface area (Å²) in [7, 11) is 0. The van der Waals surface area contributed by atoms with Crippen molar-refractivity contribution in [2.24, 2.45) is 5.73 Å². The minimum absolute atomic E-state index is 0.0812. The molecule has 1 amide bonds. The van der Waals surface area contributed by atoms with E-state index in [0.717, 1.165) is 0 Å². The Bertz CT molecular complexity index is 522. The molecule has 0 aromatic heterocycles. The molecule has 2 N–H and O–H groups in total. The number of carbonyl (C=O) groups excluding carboxylic acids is 1. The average molecular weight is 295 g/mol. The molecule has 0 unspecified atom stereocenters.